The Kier molecular flexibility index (Phi) is 3.61. The Bertz CT molecular complexity index is 372. The van der Waals surface area contributed by atoms with Gasteiger partial charge in [-0.3, -0.25) is 9.78 Å². The quantitative estimate of drug-likeness (QED) is 0.280. The third-order valence-corrected chi connectivity index (χ3v) is 1.74. The first kappa shape index (κ1) is 11.0. The molecule has 6 nitrogen and oxygen atoms in total. The molecule has 0 saturated heterocycles. The van der Waals surface area contributed by atoms with Crippen LogP contribution in [0.4, 0.5) is 0 Å². The van der Waals surface area contributed by atoms with Crippen molar-refractivity contribution < 1.29 is 10.0 Å². The molecule has 0 aliphatic carbocycles. The van der Waals surface area contributed by atoms with Gasteiger partial charge in [-0.2, -0.15) is 0 Å². The molecule has 4 N–H and O–H groups in total. The molecular formula is C9H12N4O2. The zero-order chi connectivity index (χ0) is 11.3. The Morgan fingerprint density at radius 2 is 2.40 bits per heavy atom. The minimum Gasteiger partial charge on any atom is -0.409 e. The minimum absolute atomic E-state index is 0.0371. The number of amides is 1. The highest BCUT2D eigenvalue weighted by Crippen LogP contribution is 1.99. The fourth-order valence-electron chi connectivity index (χ4n) is 0.989. The van der Waals surface area contributed by atoms with Crippen molar-refractivity contribution in [2.24, 2.45) is 10.9 Å². The number of rotatable bonds is 3. The van der Waals surface area contributed by atoms with E-state index >= 15 is 0 Å². The molecule has 0 saturated carbocycles. The summed E-state index contributed by atoms with van der Waals surface area (Å²) in [5, 5.41) is 13.8. The molecule has 1 rings (SSSR count). The normalized spacial score (nSPS) is 11.1. The van der Waals surface area contributed by atoms with Gasteiger partial charge in [0, 0.05) is 18.3 Å². The van der Waals surface area contributed by atoms with E-state index in [-0.39, 0.29) is 11.7 Å². The van der Waals surface area contributed by atoms with Crippen molar-refractivity contribution in [3.05, 3.63) is 29.6 Å². The van der Waals surface area contributed by atoms with E-state index in [9.17, 15) is 4.79 Å². The average molecular weight is 208 g/mol. The van der Waals surface area contributed by atoms with Gasteiger partial charge >= 0.3 is 0 Å². The summed E-state index contributed by atoms with van der Waals surface area (Å²) in [6.07, 6.45) is 1.37. The van der Waals surface area contributed by atoms with Crippen molar-refractivity contribution in [1.82, 2.24) is 10.3 Å². The predicted molar refractivity (Wildman–Crippen MR) is 54.8 cm³/mol. The molecule has 1 aromatic rings. The topological polar surface area (TPSA) is 101 Å². The third kappa shape index (κ3) is 2.67. The second kappa shape index (κ2) is 4.94. The Morgan fingerprint density at radius 1 is 1.67 bits per heavy atom. The summed E-state index contributed by atoms with van der Waals surface area (Å²) >= 11 is 0. The summed E-state index contributed by atoms with van der Waals surface area (Å²) in [6.45, 7) is 2.37. The van der Waals surface area contributed by atoms with E-state index in [1.165, 1.54) is 12.3 Å². The maximum absolute atomic E-state index is 11.3. The van der Waals surface area contributed by atoms with E-state index in [4.69, 9.17) is 10.9 Å². The summed E-state index contributed by atoms with van der Waals surface area (Å²) in [6, 6.07) is 3.07. The molecule has 0 bridgehead atoms. The molecule has 6 heteroatoms. The van der Waals surface area contributed by atoms with Crippen LogP contribution in [0.3, 0.4) is 0 Å². The summed E-state index contributed by atoms with van der Waals surface area (Å²) in [5.74, 6) is -0.284. The number of hydrogen-bond acceptors (Lipinski definition) is 4. The van der Waals surface area contributed by atoms with Gasteiger partial charge in [-0.25, -0.2) is 0 Å². The molecular weight excluding hydrogens is 196 g/mol. The molecule has 0 aliphatic heterocycles. The molecule has 80 valence electrons. The zero-order valence-electron chi connectivity index (χ0n) is 8.27. The SMILES string of the molecule is CCNC(=O)c1ccc(C(N)=NO)cn1. The first-order valence-corrected chi connectivity index (χ1v) is 4.41. The Morgan fingerprint density at radius 3 is 2.87 bits per heavy atom. The van der Waals surface area contributed by atoms with Gasteiger partial charge in [0.05, 0.1) is 0 Å². The number of nitrogens with one attached hydrogen (secondary N) is 1. The highest BCUT2D eigenvalue weighted by Gasteiger charge is 2.06. The molecule has 0 unspecified atom stereocenters. The van der Waals surface area contributed by atoms with Gasteiger partial charge in [0.2, 0.25) is 0 Å². The molecule has 0 spiro atoms. The Balaban J connectivity index is 2.85. The lowest BCUT2D eigenvalue weighted by atomic mass is 10.2. The van der Waals surface area contributed by atoms with Gasteiger partial charge in [-0.1, -0.05) is 5.16 Å². The van der Waals surface area contributed by atoms with Crippen molar-refractivity contribution in [2.75, 3.05) is 6.54 Å². The van der Waals surface area contributed by atoms with Crippen LogP contribution in [0.2, 0.25) is 0 Å². The van der Waals surface area contributed by atoms with Gasteiger partial charge in [0.1, 0.15) is 5.69 Å². The molecule has 0 fully saturated rings. The first-order chi connectivity index (χ1) is 7.19. The smallest absolute Gasteiger partial charge is 0.269 e. The standard InChI is InChI=1S/C9H12N4O2/c1-2-11-9(14)7-4-3-6(5-12-7)8(10)13-15/h3-5,15H,2H2,1H3,(H2,10,13)(H,11,14). The largest absolute Gasteiger partial charge is 0.409 e. The number of oxime groups is 1. The number of nitrogens with two attached hydrogens (primary N) is 1. The van der Waals surface area contributed by atoms with Gasteiger partial charge in [0.15, 0.2) is 5.84 Å². The molecule has 1 aromatic heterocycles. The van der Waals surface area contributed by atoms with Gasteiger partial charge in [0.25, 0.3) is 5.91 Å². The van der Waals surface area contributed by atoms with E-state index in [2.05, 4.69) is 15.5 Å². The van der Waals surface area contributed by atoms with Crippen LogP contribution in [0, 0.1) is 0 Å². The molecule has 0 radical (unpaired) electrons. The summed E-state index contributed by atoms with van der Waals surface area (Å²) in [4.78, 5) is 15.2. The zero-order valence-corrected chi connectivity index (χ0v) is 8.27. The van der Waals surface area contributed by atoms with E-state index in [1.54, 1.807) is 6.07 Å². The summed E-state index contributed by atoms with van der Waals surface area (Å²) in [7, 11) is 0. The molecule has 0 aliphatic rings. The first-order valence-electron chi connectivity index (χ1n) is 4.41. The van der Waals surface area contributed by atoms with E-state index in [1.807, 2.05) is 6.92 Å². The van der Waals surface area contributed by atoms with Crippen LogP contribution in [0.1, 0.15) is 23.0 Å². The number of amidine groups is 1. The molecule has 15 heavy (non-hydrogen) atoms. The fourth-order valence-corrected chi connectivity index (χ4v) is 0.989. The number of hydrogen-bond donors (Lipinski definition) is 3. The predicted octanol–water partition coefficient (Wildman–Crippen LogP) is -0.0742. The fraction of sp³-hybridized carbons (Fsp3) is 0.222. The lowest BCUT2D eigenvalue weighted by Gasteiger charge is -2.02. The number of nitrogens with zero attached hydrogens (tertiary/aromatic N) is 2. The van der Waals surface area contributed by atoms with E-state index < -0.39 is 0 Å². The number of carbonyl (C=O) groups is 1. The maximum atomic E-state index is 11.3. The highest BCUT2D eigenvalue weighted by molar-refractivity contribution is 5.98. The second-order valence-corrected chi connectivity index (χ2v) is 2.78. The van der Waals surface area contributed by atoms with Gasteiger partial charge in [-0.05, 0) is 19.1 Å². The summed E-state index contributed by atoms with van der Waals surface area (Å²) in [5.41, 5.74) is 6.10. The summed E-state index contributed by atoms with van der Waals surface area (Å²) < 4.78 is 0. The van der Waals surface area contributed by atoms with E-state index in [0.29, 0.717) is 17.8 Å². The Hall–Kier alpha value is -2.11. The van der Waals surface area contributed by atoms with Gasteiger partial charge in [-0.15, -0.1) is 0 Å². The lowest BCUT2D eigenvalue weighted by molar-refractivity contribution is 0.0951. The Labute approximate surface area is 86.8 Å². The van der Waals surface area contributed by atoms with Crippen molar-refractivity contribution in [1.29, 1.82) is 0 Å². The number of aromatic nitrogens is 1. The molecule has 1 heterocycles. The van der Waals surface area contributed by atoms with E-state index in [0.717, 1.165) is 0 Å². The minimum atomic E-state index is -0.247. The second-order valence-electron chi connectivity index (χ2n) is 2.78. The van der Waals surface area contributed by atoms with Crippen LogP contribution in [0.15, 0.2) is 23.5 Å². The maximum Gasteiger partial charge on any atom is 0.269 e. The van der Waals surface area contributed by atoms with Crippen molar-refractivity contribution >= 4 is 11.7 Å². The van der Waals surface area contributed by atoms with Crippen LogP contribution >= 0.6 is 0 Å². The van der Waals surface area contributed by atoms with Crippen LogP contribution in [-0.2, 0) is 0 Å². The average Bonchev–Trinajstić information content (AvgIpc) is 2.28. The van der Waals surface area contributed by atoms with Crippen molar-refractivity contribution in [2.45, 2.75) is 6.92 Å². The molecule has 0 atom stereocenters. The van der Waals surface area contributed by atoms with Crippen LogP contribution in [0.25, 0.3) is 0 Å². The third-order valence-electron chi connectivity index (χ3n) is 1.74. The van der Waals surface area contributed by atoms with Crippen LogP contribution in [0.5, 0.6) is 0 Å². The molecule has 0 aromatic carbocycles. The molecule has 1 amide bonds. The monoisotopic (exact) mass is 208 g/mol. The number of carbonyl (C=O) groups excluding carboxylic acids is 1. The number of pyridine rings is 1. The highest BCUT2D eigenvalue weighted by atomic mass is 16.4. The van der Waals surface area contributed by atoms with Crippen LogP contribution in [-0.4, -0.2) is 28.5 Å². The van der Waals surface area contributed by atoms with Crippen molar-refractivity contribution in [3.63, 3.8) is 0 Å². The van der Waals surface area contributed by atoms with Crippen LogP contribution < -0.4 is 11.1 Å². The van der Waals surface area contributed by atoms with Gasteiger partial charge < -0.3 is 16.3 Å². The lowest BCUT2D eigenvalue weighted by Crippen LogP contribution is -2.24. The van der Waals surface area contributed by atoms with Crippen molar-refractivity contribution in [3.8, 4) is 0 Å².